The molecule has 3 aromatic rings. The largest absolute Gasteiger partial charge is 0.295 e. The number of aromatic nitrogens is 2. The number of hydrogen-bond acceptors (Lipinski definition) is 2. The molecule has 1 N–H and O–H groups in total. The zero-order valence-corrected chi connectivity index (χ0v) is 14.5. The molecule has 0 atom stereocenters. The van der Waals surface area contributed by atoms with Crippen LogP contribution in [-0.4, -0.2) is 16.0 Å². The monoisotopic (exact) mass is 369 g/mol. The van der Waals surface area contributed by atoms with Gasteiger partial charge in [0.1, 0.15) is 0 Å². The highest BCUT2D eigenvalue weighted by molar-refractivity contribution is 9.10. The molecule has 1 heterocycles. The van der Waals surface area contributed by atoms with Gasteiger partial charge in [-0.2, -0.15) is 0 Å². The number of para-hydroxylation sites is 1. The third-order valence-corrected chi connectivity index (χ3v) is 4.26. The third-order valence-electron chi connectivity index (χ3n) is 3.59. The lowest BCUT2D eigenvalue weighted by atomic mass is 10.2. The quantitative estimate of drug-likeness (QED) is 0.687. The van der Waals surface area contributed by atoms with E-state index in [1.54, 1.807) is 6.21 Å². The van der Waals surface area contributed by atoms with Crippen molar-refractivity contribution in [2.75, 3.05) is 0 Å². The van der Waals surface area contributed by atoms with Crippen LogP contribution in [0.1, 0.15) is 16.8 Å². The number of nitrogens with one attached hydrogen (secondary N) is 1. The predicted molar refractivity (Wildman–Crippen MR) is 97.3 cm³/mol. The first kappa shape index (κ1) is 15.5. The molecule has 23 heavy (non-hydrogen) atoms. The van der Waals surface area contributed by atoms with E-state index in [1.807, 2.05) is 62.4 Å². The Labute approximate surface area is 142 Å². The van der Waals surface area contributed by atoms with E-state index in [0.717, 1.165) is 27.1 Å². The molecule has 0 unspecified atom stereocenters. The van der Waals surface area contributed by atoms with Crippen LogP contribution < -0.4 is 5.56 Å². The van der Waals surface area contributed by atoms with Gasteiger partial charge in [-0.05, 0) is 54.0 Å². The van der Waals surface area contributed by atoms with Crippen molar-refractivity contribution >= 4 is 27.8 Å². The zero-order chi connectivity index (χ0) is 16.4. The summed E-state index contributed by atoms with van der Waals surface area (Å²) < 4.78 is 2.43. The van der Waals surface area contributed by atoms with Crippen molar-refractivity contribution in [2.24, 2.45) is 4.99 Å². The van der Waals surface area contributed by atoms with E-state index < -0.39 is 0 Å². The summed E-state index contributed by atoms with van der Waals surface area (Å²) in [5.74, 6) is 0. The second-order valence-electron chi connectivity index (χ2n) is 5.34. The Balaban J connectivity index is 2.00. The normalized spacial score (nSPS) is 11.3. The SMILES string of the molecule is Cc1ccc(-n2[nH]c(C)c(C=Nc3ccccc3Br)c2=O)cc1. The summed E-state index contributed by atoms with van der Waals surface area (Å²) in [6.07, 6.45) is 1.61. The standard InChI is InChI=1S/C18H16BrN3O/c1-12-7-9-14(10-8-12)22-18(23)15(13(2)21-22)11-20-17-6-4-3-5-16(17)19/h3-11,21H,1-2H3. The summed E-state index contributed by atoms with van der Waals surface area (Å²) >= 11 is 3.45. The Morgan fingerprint density at radius 2 is 1.78 bits per heavy atom. The average molecular weight is 370 g/mol. The molecule has 5 heteroatoms. The van der Waals surface area contributed by atoms with Crippen LogP contribution in [0, 0.1) is 13.8 Å². The molecule has 0 fully saturated rings. The van der Waals surface area contributed by atoms with E-state index in [1.165, 1.54) is 4.68 Å². The van der Waals surface area contributed by atoms with Crippen molar-refractivity contribution in [1.82, 2.24) is 9.78 Å². The smallest absolute Gasteiger partial charge is 0.280 e. The van der Waals surface area contributed by atoms with E-state index in [2.05, 4.69) is 26.0 Å². The van der Waals surface area contributed by atoms with Crippen LogP contribution in [0.15, 0.2) is 62.8 Å². The van der Waals surface area contributed by atoms with Crippen LogP contribution in [-0.2, 0) is 0 Å². The first-order chi connectivity index (χ1) is 11.1. The van der Waals surface area contributed by atoms with Gasteiger partial charge in [-0.3, -0.25) is 14.9 Å². The molecule has 2 aromatic carbocycles. The van der Waals surface area contributed by atoms with Crippen molar-refractivity contribution in [2.45, 2.75) is 13.8 Å². The van der Waals surface area contributed by atoms with Crippen molar-refractivity contribution in [3.63, 3.8) is 0 Å². The predicted octanol–water partition coefficient (Wildman–Crippen LogP) is 4.30. The Kier molecular flexibility index (Phi) is 4.30. The summed E-state index contributed by atoms with van der Waals surface area (Å²) in [6.45, 7) is 3.88. The first-order valence-corrected chi connectivity index (χ1v) is 8.03. The third kappa shape index (κ3) is 3.19. The maximum atomic E-state index is 12.6. The first-order valence-electron chi connectivity index (χ1n) is 7.23. The van der Waals surface area contributed by atoms with Crippen molar-refractivity contribution in [3.05, 3.63) is 80.2 Å². The number of halogens is 1. The summed E-state index contributed by atoms with van der Waals surface area (Å²) in [5, 5.41) is 3.10. The number of nitrogens with zero attached hydrogens (tertiary/aromatic N) is 2. The number of aromatic amines is 1. The Bertz CT molecular complexity index is 920. The summed E-state index contributed by atoms with van der Waals surface area (Å²) in [4.78, 5) is 17.0. The molecule has 0 saturated carbocycles. The molecule has 0 aliphatic carbocycles. The molecule has 0 aliphatic rings. The van der Waals surface area contributed by atoms with Crippen LogP contribution >= 0.6 is 15.9 Å². The lowest BCUT2D eigenvalue weighted by molar-refractivity contribution is 0.835. The van der Waals surface area contributed by atoms with Crippen molar-refractivity contribution in [3.8, 4) is 5.69 Å². The molecule has 0 amide bonds. The summed E-state index contributed by atoms with van der Waals surface area (Å²) in [7, 11) is 0. The minimum Gasteiger partial charge on any atom is -0.295 e. The molecular formula is C18H16BrN3O. The van der Waals surface area contributed by atoms with Gasteiger partial charge < -0.3 is 0 Å². The highest BCUT2D eigenvalue weighted by Gasteiger charge is 2.10. The number of aliphatic imine (C=N–C) groups is 1. The van der Waals surface area contributed by atoms with E-state index in [9.17, 15) is 4.79 Å². The molecule has 3 rings (SSSR count). The maximum absolute atomic E-state index is 12.6. The van der Waals surface area contributed by atoms with Crippen LogP contribution in [0.4, 0.5) is 5.69 Å². The molecular weight excluding hydrogens is 354 g/mol. The second kappa shape index (κ2) is 6.38. The van der Waals surface area contributed by atoms with Crippen molar-refractivity contribution < 1.29 is 0 Å². The van der Waals surface area contributed by atoms with Gasteiger partial charge in [-0.1, -0.05) is 29.8 Å². The summed E-state index contributed by atoms with van der Waals surface area (Å²) in [6, 6.07) is 15.4. The topological polar surface area (TPSA) is 50.1 Å². The van der Waals surface area contributed by atoms with Crippen LogP contribution in [0.25, 0.3) is 5.69 Å². The molecule has 4 nitrogen and oxygen atoms in total. The van der Waals surface area contributed by atoms with Gasteiger partial charge in [0, 0.05) is 16.4 Å². The lowest BCUT2D eigenvalue weighted by Crippen LogP contribution is -2.17. The van der Waals surface area contributed by atoms with Crippen LogP contribution in [0.2, 0.25) is 0 Å². The number of H-pyrrole nitrogens is 1. The number of benzene rings is 2. The van der Waals surface area contributed by atoms with Gasteiger partial charge in [0.25, 0.3) is 5.56 Å². The van der Waals surface area contributed by atoms with Gasteiger partial charge in [-0.15, -0.1) is 0 Å². The number of hydrogen-bond donors (Lipinski definition) is 1. The van der Waals surface area contributed by atoms with Gasteiger partial charge in [-0.25, -0.2) is 4.68 Å². The molecule has 0 saturated heterocycles. The Hall–Kier alpha value is -2.40. The van der Waals surface area contributed by atoms with Crippen LogP contribution in [0.3, 0.4) is 0 Å². The van der Waals surface area contributed by atoms with Gasteiger partial charge in [0.15, 0.2) is 0 Å². The van der Waals surface area contributed by atoms with Crippen LogP contribution in [0.5, 0.6) is 0 Å². The van der Waals surface area contributed by atoms with Gasteiger partial charge in [0.2, 0.25) is 0 Å². The van der Waals surface area contributed by atoms with Gasteiger partial charge in [0.05, 0.1) is 16.9 Å². The lowest BCUT2D eigenvalue weighted by Gasteiger charge is -2.01. The van der Waals surface area contributed by atoms with Crippen molar-refractivity contribution in [1.29, 1.82) is 0 Å². The van der Waals surface area contributed by atoms with Gasteiger partial charge >= 0.3 is 0 Å². The molecule has 0 aliphatic heterocycles. The maximum Gasteiger partial charge on any atom is 0.280 e. The van der Waals surface area contributed by atoms with E-state index in [-0.39, 0.29) is 5.56 Å². The Morgan fingerprint density at radius 3 is 2.48 bits per heavy atom. The minimum atomic E-state index is -0.109. The summed E-state index contributed by atoms with van der Waals surface area (Å²) in [5.41, 5.74) is 3.98. The molecule has 0 spiro atoms. The average Bonchev–Trinajstić information content (AvgIpc) is 2.82. The van der Waals surface area contributed by atoms with E-state index in [4.69, 9.17) is 0 Å². The molecule has 0 bridgehead atoms. The highest BCUT2D eigenvalue weighted by Crippen LogP contribution is 2.24. The number of rotatable bonds is 3. The fourth-order valence-corrected chi connectivity index (χ4v) is 2.66. The highest BCUT2D eigenvalue weighted by atomic mass is 79.9. The second-order valence-corrected chi connectivity index (χ2v) is 6.19. The minimum absolute atomic E-state index is 0.109. The van der Waals surface area contributed by atoms with E-state index >= 15 is 0 Å². The fourth-order valence-electron chi connectivity index (χ4n) is 2.28. The fraction of sp³-hybridized carbons (Fsp3) is 0.111. The molecule has 0 radical (unpaired) electrons. The Morgan fingerprint density at radius 1 is 1.09 bits per heavy atom. The zero-order valence-electron chi connectivity index (χ0n) is 12.9. The number of aryl methyl sites for hydroxylation is 2. The van der Waals surface area contributed by atoms with E-state index in [0.29, 0.717) is 5.56 Å². The molecule has 116 valence electrons. The molecule has 1 aromatic heterocycles.